The summed E-state index contributed by atoms with van der Waals surface area (Å²) in [6, 6.07) is 28.3. The average molecular weight is 371 g/mol. The maximum atomic E-state index is 12.3. The van der Waals surface area contributed by atoms with Crippen LogP contribution in [0.4, 0.5) is 0 Å². The van der Waals surface area contributed by atoms with Crippen LogP contribution < -0.4 is 16.4 Å². The Morgan fingerprint density at radius 2 is 1.18 bits per heavy atom. The van der Waals surface area contributed by atoms with Gasteiger partial charge in [0.1, 0.15) is 12.1 Å². The Kier molecular flexibility index (Phi) is 4.67. The number of hydrogen-bond donors (Lipinski definition) is 3. The molecule has 3 aromatic carbocycles. The van der Waals surface area contributed by atoms with Gasteiger partial charge in [-0.3, -0.25) is 14.9 Å². The molecule has 2 amide bonds. The van der Waals surface area contributed by atoms with Gasteiger partial charge in [0.05, 0.1) is 5.54 Å². The highest BCUT2D eigenvalue weighted by Crippen LogP contribution is 2.38. The Morgan fingerprint density at radius 3 is 1.50 bits per heavy atom. The molecule has 0 saturated carbocycles. The van der Waals surface area contributed by atoms with Crippen molar-refractivity contribution in [1.82, 2.24) is 10.6 Å². The van der Waals surface area contributed by atoms with E-state index >= 15 is 0 Å². The molecule has 4 N–H and O–H groups in total. The number of nitrogens with two attached hydrogens (primary N) is 1. The van der Waals surface area contributed by atoms with Gasteiger partial charge in [-0.25, -0.2) is 0 Å². The molecule has 5 heteroatoms. The highest BCUT2D eigenvalue weighted by atomic mass is 16.2. The predicted molar refractivity (Wildman–Crippen MR) is 107 cm³/mol. The van der Waals surface area contributed by atoms with E-state index in [1.807, 2.05) is 91.0 Å². The standard InChI is InChI=1S/C23H21N3O2/c24-21(27)19-20(22(28)25-19)26-23(16-10-4-1-5-11-16,17-12-6-2-7-13-17)18-14-8-3-9-15-18/h1-15,19-20,26H,(H2,24,27)(H,25,28)/t19-,20-/m0/s1. The Hall–Kier alpha value is -3.44. The molecule has 0 unspecified atom stereocenters. The summed E-state index contributed by atoms with van der Waals surface area (Å²) >= 11 is 0. The van der Waals surface area contributed by atoms with E-state index in [1.54, 1.807) is 0 Å². The first-order chi connectivity index (χ1) is 13.6. The van der Waals surface area contributed by atoms with Crippen LogP contribution in [0.25, 0.3) is 0 Å². The predicted octanol–water partition coefficient (Wildman–Crippen LogP) is 1.92. The van der Waals surface area contributed by atoms with Crippen molar-refractivity contribution in [3.05, 3.63) is 108 Å². The van der Waals surface area contributed by atoms with Gasteiger partial charge >= 0.3 is 0 Å². The summed E-state index contributed by atoms with van der Waals surface area (Å²) in [6.45, 7) is 0. The van der Waals surface area contributed by atoms with Crippen LogP contribution in [0.2, 0.25) is 0 Å². The summed E-state index contributed by atoms with van der Waals surface area (Å²) in [5.74, 6) is -0.795. The molecule has 0 spiro atoms. The molecule has 1 saturated heterocycles. The minimum Gasteiger partial charge on any atom is -0.368 e. The third-order valence-corrected chi connectivity index (χ3v) is 5.21. The zero-order valence-corrected chi connectivity index (χ0v) is 15.2. The first kappa shape index (κ1) is 17.9. The number of hydrogen-bond acceptors (Lipinski definition) is 3. The summed E-state index contributed by atoms with van der Waals surface area (Å²) in [6.07, 6.45) is 0. The fourth-order valence-electron chi connectivity index (χ4n) is 3.81. The highest BCUT2D eigenvalue weighted by molar-refractivity contribution is 6.01. The van der Waals surface area contributed by atoms with Crippen LogP contribution >= 0.6 is 0 Å². The topological polar surface area (TPSA) is 84.2 Å². The van der Waals surface area contributed by atoms with Crippen molar-refractivity contribution in [1.29, 1.82) is 0 Å². The van der Waals surface area contributed by atoms with Crippen molar-refractivity contribution >= 4 is 11.8 Å². The molecule has 1 fully saturated rings. The molecule has 1 heterocycles. The van der Waals surface area contributed by atoms with Gasteiger partial charge in [-0.05, 0) is 16.7 Å². The monoisotopic (exact) mass is 371 g/mol. The van der Waals surface area contributed by atoms with Gasteiger partial charge in [0.25, 0.3) is 0 Å². The fraction of sp³-hybridized carbons (Fsp3) is 0.130. The summed E-state index contributed by atoms with van der Waals surface area (Å²) in [5, 5.41) is 6.08. The lowest BCUT2D eigenvalue weighted by atomic mass is 9.75. The van der Waals surface area contributed by atoms with Crippen molar-refractivity contribution in [3.8, 4) is 0 Å². The van der Waals surface area contributed by atoms with E-state index in [1.165, 1.54) is 0 Å². The minimum absolute atomic E-state index is 0.240. The smallest absolute Gasteiger partial charge is 0.242 e. The molecule has 0 aliphatic carbocycles. The molecule has 1 aliphatic heterocycles. The number of nitrogens with one attached hydrogen (secondary N) is 2. The second-order valence-corrected chi connectivity index (χ2v) is 6.86. The molecule has 5 nitrogen and oxygen atoms in total. The normalized spacial score (nSPS) is 18.8. The SMILES string of the molecule is NC(=O)[C@H]1NC(=O)[C@H]1NC(c1ccccc1)(c1ccccc1)c1ccccc1. The van der Waals surface area contributed by atoms with Crippen LogP contribution in [-0.2, 0) is 15.1 Å². The second-order valence-electron chi connectivity index (χ2n) is 6.86. The molecule has 3 aromatic rings. The molecular weight excluding hydrogens is 350 g/mol. The van der Waals surface area contributed by atoms with Gasteiger partial charge in [-0.1, -0.05) is 91.0 Å². The molecule has 0 radical (unpaired) electrons. The van der Waals surface area contributed by atoms with Gasteiger partial charge < -0.3 is 11.1 Å². The third kappa shape index (κ3) is 2.96. The zero-order valence-electron chi connectivity index (χ0n) is 15.2. The van der Waals surface area contributed by atoms with Crippen molar-refractivity contribution in [2.24, 2.45) is 5.73 Å². The number of benzene rings is 3. The molecule has 0 aromatic heterocycles. The molecule has 2 atom stereocenters. The Balaban J connectivity index is 1.94. The number of carbonyl (C=O) groups excluding carboxylic acids is 2. The van der Waals surface area contributed by atoms with Crippen LogP contribution in [0.15, 0.2) is 91.0 Å². The van der Waals surface area contributed by atoms with Gasteiger partial charge in [-0.2, -0.15) is 0 Å². The largest absolute Gasteiger partial charge is 0.368 e. The lowest BCUT2D eigenvalue weighted by molar-refractivity contribution is -0.139. The first-order valence-electron chi connectivity index (χ1n) is 9.17. The maximum absolute atomic E-state index is 12.3. The lowest BCUT2D eigenvalue weighted by Crippen LogP contribution is -2.75. The number of rotatable bonds is 6. The number of carbonyl (C=O) groups is 2. The number of primary amides is 1. The first-order valence-corrected chi connectivity index (χ1v) is 9.17. The van der Waals surface area contributed by atoms with Crippen LogP contribution in [0.1, 0.15) is 16.7 Å². The Morgan fingerprint density at radius 1 is 0.786 bits per heavy atom. The van der Waals surface area contributed by atoms with Crippen molar-refractivity contribution in [2.45, 2.75) is 17.6 Å². The zero-order chi connectivity index (χ0) is 19.6. The van der Waals surface area contributed by atoms with Crippen molar-refractivity contribution in [2.75, 3.05) is 0 Å². The van der Waals surface area contributed by atoms with E-state index in [2.05, 4.69) is 10.6 Å². The molecule has 0 bridgehead atoms. The molecule has 28 heavy (non-hydrogen) atoms. The fourth-order valence-corrected chi connectivity index (χ4v) is 3.81. The van der Waals surface area contributed by atoms with Crippen LogP contribution in [0.3, 0.4) is 0 Å². The third-order valence-electron chi connectivity index (χ3n) is 5.21. The Labute approximate surface area is 163 Å². The summed E-state index contributed by atoms with van der Waals surface area (Å²) in [5.41, 5.74) is 7.58. The van der Waals surface area contributed by atoms with Gasteiger partial charge in [0.15, 0.2) is 0 Å². The van der Waals surface area contributed by atoms with E-state index in [4.69, 9.17) is 5.73 Å². The second kappa shape index (κ2) is 7.29. The van der Waals surface area contributed by atoms with Crippen molar-refractivity contribution in [3.63, 3.8) is 0 Å². The minimum atomic E-state index is -0.820. The van der Waals surface area contributed by atoms with E-state index < -0.39 is 23.5 Å². The van der Waals surface area contributed by atoms with E-state index in [-0.39, 0.29) is 5.91 Å². The van der Waals surface area contributed by atoms with Crippen LogP contribution in [0, 0.1) is 0 Å². The number of amides is 2. The molecule has 4 rings (SSSR count). The summed E-state index contributed by atoms with van der Waals surface area (Å²) < 4.78 is 0. The van der Waals surface area contributed by atoms with Gasteiger partial charge in [0.2, 0.25) is 11.8 Å². The quantitative estimate of drug-likeness (QED) is 0.457. The summed E-state index contributed by atoms with van der Waals surface area (Å²) in [4.78, 5) is 24.1. The molecule has 1 aliphatic rings. The summed E-state index contributed by atoms with van der Waals surface area (Å²) in [7, 11) is 0. The maximum Gasteiger partial charge on any atom is 0.242 e. The average Bonchev–Trinajstić information content (AvgIpc) is 2.74. The van der Waals surface area contributed by atoms with Gasteiger partial charge in [0, 0.05) is 0 Å². The van der Waals surface area contributed by atoms with Crippen LogP contribution in [-0.4, -0.2) is 23.9 Å². The highest BCUT2D eigenvalue weighted by Gasteiger charge is 2.49. The van der Waals surface area contributed by atoms with E-state index in [0.717, 1.165) is 16.7 Å². The molecular formula is C23H21N3O2. The van der Waals surface area contributed by atoms with E-state index in [0.29, 0.717) is 0 Å². The van der Waals surface area contributed by atoms with E-state index in [9.17, 15) is 9.59 Å². The van der Waals surface area contributed by atoms with Gasteiger partial charge in [-0.15, -0.1) is 0 Å². The lowest BCUT2D eigenvalue weighted by Gasteiger charge is -2.44. The van der Waals surface area contributed by atoms with Crippen molar-refractivity contribution < 1.29 is 9.59 Å². The number of β-lactam (4-membered cyclic amide) rings is 1. The Bertz CT molecular complexity index is 878. The van der Waals surface area contributed by atoms with Crippen LogP contribution in [0.5, 0.6) is 0 Å². The molecule has 140 valence electrons.